The zero-order valence-corrected chi connectivity index (χ0v) is 11.4. The summed E-state index contributed by atoms with van der Waals surface area (Å²) in [5.41, 5.74) is 0.0108. The Morgan fingerprint density at radius 1 is 1.44 bits per heavy atom. The molecule has 5 nitrogen and oxygen atoms in total. The summed E-state index contributed by atoms with van der Waals surface area (Å²) in [5.74, 6) is -0.648. The minimum absolute atomic E-state index is 0.0108. The van der Waals surface area contributed by atoms with E-state index in [4.69, 9.17) is 4.74 Å². The third kappa shape index (κ3) is 2.66. The molecule has 0 aromatic rings. The summed E-state index contributed by atoms with van der Waals surface area (Å²) in [5, 5.41) is 2.71. The largest absolute Gasteiger partial charge is 0.374 e. The lowest BCUT2D eigenvalue weighted by Crippen LogP contribution is -2.52. The monoisotopic (exact) mass is 254 g/mol. The van der Waals surface area contributed by atoms with Crippen molar-refractivity contribution in [3.63, 3.8) is 0 Å². The molecule has 0 unspecified atom stereocenters. The molecule has 18 heavy (non-hydrogen) atoms. The molecule has 2 fully saturated rings. The molecule has 2 amide bonds. The molecule has 2 atom stereocenters. The molecule has 1 N–H and O–H groups in total. The molecule has 0 spiro atoms. The molecule has 2 heterocycles. The number of carbonyl (C=O) groups excluding carboxylic acids is 2. The summed E-state index contributed by atoms with van der Waals surface area (Å²) < 4.78 is 5.72. The molecule has 2 rings (SSSR count). The van der Waals surface area contributed by atoms with E-state index in [9.17, 15) is 9.59 Å². The third-order valence-corrected chi connectivity index (χ3v) is 3.69. The van der Waals surface area contributed by atoms with Crippen molar-refractivity contribution in [2.45, 2.75) is 33.3 Å². The first-order valence-corrected chi connectivity index (χ1v) is 6.57. The summed E-state index contributed by atoms with van der Waals surface area (Å²) in [6.07, 6.45) is 0.662. The van der Waals surface area contributed by atoms with E-state index in [0.29, 0.717) is 32.7 Å². The summed E-state index contributed by atoms with van der Waals surface area (Å²) in [6.45, 7) is 8.67. The molecule has 5 heteroatoms. The van der Waals surface area contributed by atoms with Crippen LogP contribution in [0, 0.1) is 11.3 Å². The average Bonchev–Trinajstić information content (AvgIpc) is 2.73. The zero-order chi connectivity index (χ0) is 13.3. The molecule has 102 valence electrons. The lowest BCUT2D eigenvalue weighted by Gasteiger charge is -2.40. The van der Waals surface area contributed by atoms with E-state index >= 15 is 0 Å². The molecular weight excluding hydrogens is 232 g/mol. The van der Waals surface area contributed by atoms with Gasteiger partial charge in [0.15, 0.2) is 0 Å². The molecule has 0 aliphatic carbocycles. The number of nitrogens with one attached hydrogen (secondary N) is 1. The Morgan fingerprint density at radius 3 is 2.72 bits per heavy atom. The van der Waals surface area contributed by atoms with Gasteiger partial charge in [0.25, 0.3) is 0 Å². The summed E-state index contributed by atoms with van der Waals surface area (Å²) in [4.78, 5) is 25.6. The Hall–Kier alpha value is -1.10. The number of hydrogen-bond acceptors (Lipinski definition) is 3. The molecule has 0 aromatic heterocycles. The van der Waals surface area contributed by atoms with Gasteiger partial charge in [0.2, 0.25) is 11.8 Å². The number of hydrogen-bond donors (Lipinski definition) is 1. The fourth-order valence-electron chi connectivity index (χ4n) is 2.42. The van der Waals surface area contributed by atoms with Crippen LogP contribution in [-0.2, 0) is 14.3 Å². The van der Waals surface area contributed by atoms with Crippen molar-refractivity contribution in [3.05, 3.63) is 0 Å². The van der Waals surface area contributed by atoms with Crippen LogP contribution < -0.4 is 5.32 Å². The van der Waals surface area contributed by atoms with Crippen molar-refractivity contribution >= 4 is 11.8 Å². The smallest absolute Gasteiger partial charge is 0.235 e. The molecule has 2 aliphatic rings. The molecule has 0 radical (unpaired) electrons. The Kier molecular flexibility index (Phi) is 3.61. The fraction of sp³-hybridized carbons (Fsp3) is 0.846. The second-order valence-electron chi connectivity index (χ2n) is 6.14. The van der Waals surface area contributed by atoms with Crippen LogP contribution in [0.15, 0.2) is 0 Å². The maximum absolute atomic E-state index is 12.3. The van der Waals surface area contributed by atoms with Crippen LogP contribution in [0.5, 0.6) is 0 Å². The third-order valence-electron chi connectivity index (χ3n) is 3.69. The highest BCUT2D eigenvalue weighted by Crippen LogP contribution is 2.26. The van der Waals surface area contributed by atoms with Crippen molar-refractivity contribution in [1.82, 2.24) is 10.2 Å². The first-order valence-electron chi connectivity index (χ1n) is 6.57. The highest BCUT2D eigenvalue weighted by molar-refractivity contribution is 6.01. The van der Waals surface area contributed by atoms with Gasteiger partial charge >= 0.3 is 0 Å². The maximum Gasteiger partial charge on any atom is 0.235 e. The van der Waals surface area contributed by atoms with Crippen molar-refractivity contribution in [2.24, 2.45) is 11.3 Å². The summed E-state index contributed by atoms with van der Waals surface area (Å²) >= 11 is 0. The van der Waals surface area contributed by atoms with Gasteiger partial charge in [0.1, 0.15) is 5.92 Å². The number of carbonyl (C=O) groups is 2. The van der Waals surface area contributed by atoms with Gasteiger partial charge in [0, 0.05) is 19.6 Å². The second kappa shape index (κ2) is 4.88. The van der Waals surface area contributed by atoms with Crippen LogP contribution >= 0.6 is 0 Å². The van der Waals surface area contributed by atoms with Gasteiger partial charge in [-0.15, -0.1) is 0 Å². The van der Waals surface area contributed by atoms with E-state index in [0.717, 1.165) is 0 Å². The highest BCUT2D eigenvalue weighted by atomic mass is 16.5. The molecule has 0 saturated carbocycles. The lowest BCUT2D eigenvalue weighted by molar-refractivity contribution is -0.150. The summed E-state index contributed by atoms with van der Waals surface area (Å²) in [6, 6.07) is 0. The van der Waals surface area contributed by atoms with Gasteiger partial charge < -0.3 is 15.0 Å². The first kappa shape index (κ1) is 13.3. The van der Waals surface area contributed by atoms with Crippen LogP contribution in [0.1, 0.15) is 27.2 Å². The van der Waals surface area contributed by atoms with Crippen LogP contribution in [0.25, 0.3) is 0 Å². The fourth-order valence-corrected chi connectivity index (χ4v) is 2.42. The van der Waals surface area contributed by atoms with E-state index < -0.39 is 5.92 Å². The van der Waals surface area contributed by atoms with E-state index in [1.165, 1.54) is 0 Å². The molecule has 0 aromatic carbocycles. The van der Waals surface area contributed by atoms with Gasteiger partial charge in [-0.3, -0.25) is 9.59 Å². The molecule has 2 saturated heterocycles. The predicted molar refractivity (Wildman–Crippen MR) is 66.9 cm³/mol. The van der Waals surface area contributed by atoms with Gasteiger partial charge in [-0.2, -0.15) is 0 Å². The maximum atomic E-state index is 12.3. The van der Waals surface area contributed by atoms with E-state index in [2.05, 4.69) is 26.1 Å². The van der Waals surface area contributed by atoms with E-state index in [1.807, 2.05) is 0 Å². The Balaban J connectivity index is 2.00. The SMILES string of the molecule is CC(C)(C)[C@@H]1CN(C(=O)[C@H]2CCNC2=O)CCO1. The van der Waals surface area contributed by atoms with Crippen LogP contribution in [-0.4, -0.2) is 49.1 Å². The molecular formula is C13H22N2O3. The number of ether oxygens (including phenoxy) is 1. The number of rotatable bonds is 1. The van der Waals surface area contributed by atoms with E-state index in [-0.39, 0.29) is 23.3 Å². The second-order valence-corrected chi connectivity index (χ2v) is 6.14. The van der Waals surface area contributed by atoms with Crippen molar-refractivity contribution < 1.29 is 14.3 Å². The Bertz CT molecular complexity index is 349. The minimum atomic E-state index is -0.483. The lowest BCUT2D eigenvalue weighted by atomic mass is 9.87. The van der Waals surface area contributed by atoms with Crippen molar-refractivity contribution in [3.8, 4) is 0 Å². The molecule has 0 bridgehead atoms. The number of morpholine rings is 1. The van der Waals surface area contributed by atoms with Crippen molar-refractivity contribution in [1.29, 1.82) is 0 Å². The van der Waals surface area contributed by atoms with Crippen LogP contribution in [0.3, 0.4) is 0 Å². The van der Waals surface area contributed by atoms with Gasteiger partial charge in [-0.25, -0.2) is 0 Å². The zero-order valence-electron chi connectivity index (χ0n) is 11.4. The van der Waals surface area contributed by atoms with Gasteiger partial charge in [-0.05, 0) is 11.8 Å². The quantitative estimate of drug-likeness (QED) is 0.689. The topological polar surface area (TPSA) is 58.6 Å². The first-order chi connectivity index (χ1) is 8.39. The Morgan fingerprint density at radius 2 is 2.17 bits per heavy atom. The number of amides is 2. The van der Waals surface area contributed by atoms with Crippen LogP contribution in [0.2, 0.25) is 0 Å². The Labute approximate surface area is 108 Å². The minimum Gasteiger partial charge on any atom is -0.374 e. The van der Waals surface area contributed by atoms with E-state index in [1.54, 1.807) is 4.90 Å². The highest BCUT2D eigenvalue weighted by Gasteiger charge is 2.38. The molecule has 2 aliphatic heterocycles. The van der Waals surface area contributed by atoms with Gasteiger partial charge in [0.05, 0.1) is 12.7 Å². The average molecular weight is 254 g/mol. The normalized spacial score (nSPS) is 29.3. The van der Waals surface area contributed by atoms with Crippen LogP contribution in [0.4, 0.5) is 0 Å². The predicted octanol–water partition coefficient (Wildman–Crippen LogP) is 0.396. The standard InChI is InChI=1S/C13H22N2O3/c1-13(2,3)10-8-15(6-7-18-10)12(17)9-4-5-14-11(9)16/h9-10H,4-8H2,1-3H3,(H,14,16)/t9-,10-/m0/s1. The summed E-state index contributed by atoms with van der Waals surface area (Å²) in [7, 11) is 0. The number of nitrogens with zero attached hydrogens (tertiary/aromatic N) is 1. The van der Waals surface area contributed by atoms with Crippen molar-refractivity contribution in [2.75, 3.05) is 26.2 Å². The van der Waals surface area contributed by atoms with Gasteiger partial charge in [-0.1, -0.05) is 20.8 Å².